The molecular weight excluding hydrogens is 340 g/mol. The highest BCUT2D eigenvalue weighted by Gasteiger charge is 2.35. The Morgan fingerprint density at radius 2 is 1.15 bits per heavy atom. The molecule has 0 aliphatic rings. The van der Waals surface area contributed by atoms with E-state index in [4.69, 9.17) is 10.8 Å². The van der Waals surface area contributed by atoms with Crippen LogP contribution in [0.15, 0.2) is 91.0 Å². The van der Waals surface area contributed by atoms with E-state index in [-0.39, 0.29) is 0 Å². The molecule has 3 N–H and O–H groups in total. The number of nitrogens with two attached hydrogens (primary N) is 1. The Morgan fingerprint density at radius 3 is 1.56 bits per heavy atom. The van der Waals surface area contributed by atoms with Crippen molar-refractivity contribution >= 4 is 0 Å². The Bertz CT molecular complexity index is 686. The highest BCUT2D eigenvalue weighted by molar-refractivity contribution is 5.49. The molecule has 140 valence electrons. The fourth-order valence-electron chi connectivity index (χ4n) is 3.34. The molecule has 0 atom stereocenters. The standard InChI is InChI=1S/C22H24N2O3/c23-26-27-25-18-10-17-24-22(19-11-4-1-5-12-19,20-13-6-2-7-14-20)21-15-8-3-9-16-21/h1-9,11-16,24H,10,17-18,23H2. The third kappa shape index (κ3) is 4.60. The van der Waals surface area contributed by atoms with Crippen LogP contribution in [0.25, 0.3) is 0 Å². The van der Waals surface area contributed by atoms with Crippen molar-refractivity contribution in [2.45, 2.75) is 12.0 Å². The summed E-state index contributed by atoms with van der Waals surface area (Å²) in [5.74, 6) is 4.78. The topological polar surface area (TPSA) is 65.7 Å². The molecule has 27 heavy (non-hydrogen) atoms. The average Bonchev–Trinajstić information content (AvgIpc) is 2.75. The Morgan fingerprint density at radius 1 is 0.704 bits per heavy atom. The van der Waals surface area contributed by atoms with E-state index < -0.39 is 5.54 Å². The Labute approximate surface area is 159 Å². The highest BCUT2D eigenvalue weighted by Crippen LogP contribution is 2.36. The molecule has 0 unspecified atom stereocenters. The van der Waals surface area contributed by atoms with Gasteiger partial charge < -0.3 is 0 Å². The van der Waals surface area contributed by atoms with E-state index in [0.29, 0.717) is 13.2 Å². The van der Waals surface area contributed by atoms with Gasteiger partial charge in [-0.3, -0.25) is 5.32 Å². The van der Waals surface area contributed by atoms with Crippen LogP contribution >= 0.6 is 0 Å². The van der Waals surface area contributed by atoms with Gasteiger partial charge in [0.05, 0.1) is 12.1 Å². The van der Waals surface area contributed by atoms with Crippen molar-refractivity contribution in [3.05, 3.63) is 108 Å². The van der Waals surface area contributed by atoms with Gasteiger partial charge in [0.2, 0.25) is 0 Å². The largest absolute Gasteiger partial charge is 0.300 e. The molecule has 5 nitrogen and oxygen atoms in total. The predicted molar refractivity (Wildman–Crippen MR) is 104 cm³/mol. The van der Waals surface area contributed by atoms with E-state index in [9.17, 15) is 0 Å². The van der Waals surface area contributed by atoms with Crippen LogP contribution < -0.4 is 11.2 Å². The molecular formula is C22H24N2O3. The van der Waals surface area contributed by atoms with Gasteiger partial charge in [-0.2, -0.15) is 5.90 Å². The third-order valence-electron chi connectivity index (χ3n) is 4.50. The first kappa shape index (κ1) is 19.2. The molecule has 0 saturated carbocycles. The number of hydrogen-bond donors (Lipinski definition) is 2. The van der Waals surface area contributed by atoms with E-state index in [1.165, 1.54) is 16.7 Å². The van der Waals surface area contributed by atoms with Gasteiger partial charge >= 0.3 is 0 Å². The van der Waals surface area contributed by atoms with Crippen molar-refractivity contribution in [3.8, 4) is 0 Å². The summed E-state index contributed by atoms with van der Waals surface area (Å²) < 4.78 is 0. The van der Waals surface area contributed by atoms with E-state index in [2.05, 4.69) is 88.1 Å². The fraction of sp³-hybridized carbons (Fsp3) is 0.182. The van der Waals surface area contributed by atoms with Gasteiger partial charge in [0.15, 0.2) is 0 Å². The summed E-state index contributed by atoms with van der Waals surface area (Å²) in [7, 11) is 0. The smallest absolute Gasteiger partial charge is 0.0947 e. The first-order valence-corrected chi connectivity index (χ1v) is 8.94. The van der Waals surface area contributed by atoms with E-state index in [1.54, 1.807) is 0 Å². The van der Waals surface area contributed by atoms with Gasteiger partial charge in [-0.1, -0.05) is 91.0 Å². The van der Waals surface area contributed by atoms with Gasteiger partial charge in [-0.25, -0.2) is 4.89 Å². The molecule has 3 rings (SSSR count). The Hall–Kier alpha value is -2.54. The second-order valence-corrected chi connectivity index (χ2v) is 6.11. The van der Waals surface area contributed by atoms with Crippen molar-refractivity contribution in [1.29, 1.82) is 0 Å². The molecule has 3 aromatic rings. The van der Waals surface area contributed by atoms with Crippen molar-refractivity contribution in [2.24, 2.45) is 5.90 Å². The van der Waals surface area contributed by atoms with Crippen LogP contribution in [0.1, 0.15) is 23.1 Å². The Kier molecular flexibility index (Phi) is 7.10. The van der Waals surface area contributed by atoms with Crippen LogP contribution in [-0.4, -0.2) is 13.2 Å². The van der Waals surface area contributed by atoms with Gasteiger partial charge in [0, 0.05) is 0 Å². The fourth-order valence-corrected chi connectivity index (χ4v) is 3.34. The van der Waals surface area contributed by atoms with Crippen LogP contribution in [0.5, 0.6) is 0 Å². The maximum atomic E-state index is 4.83. The maximum absolute atomic E-state index is 4.83. The molecule has 0 bridgehead atoms. The summed E-state index contributed by atoms with van der Waals surface area (Å²) in [6.45, 7) is 1.06. The molecule has 0 aliphatic heterocycles. The molecule has 0 amide bonds. The first-order valence-electron chi connectivity index (χ1n) is 8.94. The lowest BCUT2D eigenvalue weighted by atomic mass is 9.77. The molecule has 5 heteroatoms. The van der Waals surface area contributed by atoms with Crippen LogP contribution in [0, 0.1) is 0 Å². The van der Waals surface area contributed by atoms with Crippen molar-refractivity contribution in [3.63, 3.8) is 0 Å². The molecule has 0 saturated heterocycles. The Balaban J connectivity index is 1.98. The first-order chi connectivity index (χ1) is 13.4. The third-order valence-corrected chi connectivity index (χ3v) is 4.50. The maximum Gasteiger partial charge on any atom is 0.0947 e. The number of benzene rings is 3. The minimum absolute atomic E-state index is 0.360. The highest BCUT2D eigenvalue weighted by atomic mass is 17.5. The zero-order chi connectivity index (χ0) is 18.8. The quantitative estimate of drug-likeness (QED) is 0.248. The molecule has 0 heterocycles. The molecule has 0 aliphatic carbocycles. The number of hydrogen-bond acceptors (Lipinski definition) is 5. The van der Waals surface area contributed by atoms with Gasteiger partial charge in [-0.05, 0) is 34.7 Å². The van der Waals surface area contributed by atoms with Crippen molar-refractivity contribution in [2.75, 3.05) is 13.2 Å². The summed E-state index contributed by atoms with van der Waals surface area (Å²) >= 11 is 0. The summed E-state index contributed by atoms with van der Waals surface area (Å²) in [4.78, 5) is 8.78. The lowest BCUT2D eigenvalue weighted by Gasteiger charge is -2.37. The monoisotopic (exact) mass is 364 g/mol. The number of nitrogens with one attached hydrogen (secondary N) is 1. The normalized spacial score (nSPS) is 11.4. The lowest BCUT2D eigenvalue weighted by Crippen LogP contribution is -2.45. The molecule has 3 aromatic carbocycles. The average molecular weight is 364 g/mol. The zero-order valence-electron chi connectivity index (χ0n) is 15.1. The molecule has 0 spiro atoms. The summed E-state index contributed by atoms with van der Waals surface area (Å²) in [6, 6.07) is 31.4. The van der Waals surface area contributed by atoms with E-state index in [1.807, 2.05) is 18.2 Å². The predicted octanol–water partition coefficient (Wildman–Crippen LogP) is 3.71. The summed E-state index contributed by atoms with van der Waals surface area (Å²) in [5, 5.41) is 8.02. The van der Waals surface area contributed by atoms with Gasteiger partial charge in [0.1, 0.15) is 0 Å². The van der Waals surface area contributed by atoms with Crippen molar-refractivity contribution < 1.29 is 14.9 Å². The van der Waals surface area contributed by atoms with E-state index >= 15 is 0 Å². The lowest BCUT2D eigenvalue weighted by molar-refractivity contribution is -0.516. The van der Waals surface area contributed by atoms with Gasteiger partial charge in [-0.15, -0.1) is 4.99 Å². The molecule has 0 fully saturated rings. The summed E-state index contributed by atoms with van der Waals surface area (Å²) in [6.07, 6.45) is 0.720. The van der Waals surface area contributed by atoms with Crippen LogP contribution in [0.3, 0.4) is 0 Å². The second-order valence-electron chi connectivity index (χ2n) is 6.11. The van der Waals surface area contributed by atoms with Crippen LogP contribution in [-0.2, 0) is 20.5 Å². The minimum atomic E-state index is -0.477. The van der Waals surface area contributed by atoms with Crippen LogP contribution in [0.4, 0.5) is 0 Å². The SMILES string of the molecule is NOOOCCCNC(c1ccccc1)(c1ccccc1)c1ccccc1. The van der Waals surface area contributed by atoms with Crippen molar-refractivity contribution in [1.82, 2.24) is 5.32 Å². The molecule has 0 aromatic heterocycles. The summed E-state index contributed by atoms with van der Waals surface area (Å²) in [5.41, 5.74) is 3.04. The van der Waals surface area contributed by atoms with E-state index in [0.717, 1.165) is 6.42 Å². The minimum Gasteiger partial charge on any atom is -0.300 e. The molecule has 0 radical (unpaired) electrons. The zero-order valence-corrected chi connectivity index (χ0v) is 15.1. The second kappa shape index (κ2) is 9.97. The van der Waals surface area contributed by atoms with Crippen LogP contribution in [0.2, 0.25) is 0 Å². The number of rotatable bonds is 10. The van der Waals surface area contributed by atoms with Gasteiger partial charge in [0.25, 0.3) is 0 Å².